The Morgan fingerprint density at radius 2 is 1.12 bits per heavy atom. The van der Waals surface area contributed by atoms with Crippen LogP contribution in [0.15, 0.2) is 102 Å². The molecule has 0 aromatic heterocycles. The van der Waals surface area contributed by atoms with Crippen molar-refractivity contribution in [3.8, 4) is 0 Å². The molecule has 3 rings (SSSR count). The molecule has 0 radical (unpaired) electrons. The Balaban J connectivity index is 1.98. The molecule has 0 saturated heterocycles. The van der Waals surface area contributed by atoms with E-state index in [0.29, 0.717) is 0 Å². The number of aliphatic imine (C=N–C) groups is 1. The number of nitrogens with zero attached hydrogens (tertiary/aromatic N) is 1. The standard InChI is InChI=1S/C24H23N/c1-24(2,19-18-20-12-6-3-7-13-20)25-23(21-14-8-4-9-15-21)22-16-10-5-11-17-22/h3-19H,1-2H3/b19-18-. The van der Waals surface area contributed by atoms with E-state index >= 15 is 0 Å². The minimum atomic E-state index is -0.309. The third-order valence-corrected chi connectivity index (χ3v) is 3.98. The summed E-state index contributed by atoms with van der Waals surface area (Å²) in [5.41, 5.74) is 4.16. The second-order valence-corrected chi connectivity index (χ2v) is 6.59. The molecule has 0 aliphatic carbocycles. The lowest BCUT2D eigenvalue weighted by Gasteiger charge is -2.18. The first-order valence-electron chi connectivity index (χ1n) is 8.59. The molecule has 3 aromatic carbocycles. The molecule has 0 unspecified atom stereocenters. The summed E-state index contributed by atoms with van der Waals surface area (Å²) in [6, 6.07) is 31.1. The smallest absolute Gasteiger partial charge is 0.0742 e. The van der Waals surface area contributed by atoms with Crippen LogP contribution in [0.25, 0.3) is 6.08 Å². The first kappa shape index (κ1) is 16.9. The second kappa shape index (κ2) is 7.76. The van der Waals surface area contributed by atoms with Crippen LogP contribution in [0.3, 0.4) is 0 Å². The summed E-state index contributed by atoms with van der Waals surface area (Å²) < 4.78 is 0. The molecule has 1 nitrogen and oxygen atoms in total. The molecule has 0 bridgehead atoms. The van der Waals surface area contributed by atoms with Crippen LogP contribution in [0.5, 0.6) is 0 Å². The van der Waals surface area contributed by atoms with Gasteiger partial charge >= 0.3 is 0 Å². The van der Waals surface area contributed by atoms with Gasteiger partial charge in [-0.05, 0) is 19.4 Å². The zero-order valence-corrected chi connectivity index (χ0v) is 14.8. The van der Waals surface area contributed by atoms with Crippen molar-refractivity contribution in [3.63, 3.8) is 0 Å². The van der Waals surface area contributed by atoms with Crippen LogP contribution in [-0.2, 0) is 0 Å². The highest BCUT2D eigenvalue weighted by Crippen LogP contribution is 2.19. The predicted octanol–water partition coefficient (Wildman–Crippen LogP) is 6.02. The Labute approximate surface area is 150 Å². The zero-order chi connectivity index (χ0) is 17.5. The maximum Gasteiger partial charge on any atom is 0.0742 e. The fourth-order valence-corrected chi connectivity index (χ4v) is 2.68. The third kappa shape index (κ3) is 4.77. The van der Waals surface area contributed by atoms with Crippen molar-refractivity contribution in [3.05, 3.63) is 114 Å². The van der Waals surface area contributed by atoms with Crippen LogP contribution < -0.4 is 0 Å². The Morgan fingerprint density at radius 1 is 0.680 bits per heavy atom. The average Bonchev–Trinajstić information content (AvgIpc) is 2.67. The van der Waals surface area contributed by atoms with Crippen LogP contribution in [-0.4, -0.2) is 11.3 Å². The van der Waals surface area contributed by atoms with Gasteiger partial charge in [0.2, 0.25) is 0 Å². The lowest BCUT2D eigenvalue weighted by Crippen LogP contribution is -2.17. The minimum Gasteiger partial charge on any atom is -0.274 e. The highest BCUT2D eigenvalue weighted by Gasteiger charge is 2.15. The summed E-state index contributed by atoms with van der Waals surface area (Å²) >= 11 is 0. The first-order valence-corrected chi connectivity index (χ1v) is 8.59. The number of hydrogen-bond donors (Lipinski definition) is 0. The topological polar surface area (TPSA) is 12.4 Å². The molecule has 0 heterocycles. The molecule has 3 aromatic rings. The van der Waals surface area contributed by atoms with Gasteiger partial charge in [-0.15, -0.1) is 0 Å². The molecule has 0 amide bonds. The molecule has 25 heavy (non-hydrogen) atoms. The average molecular weight is 325 g/mol. The van der Waals surface area contributed by atoms with E-state index in [2.05, 4.69) is 98.8 Å². The predicted molar refractivity (Wildman–Crippen MR) is 108 cm³/mol. The van der Waals surface area contributed by atoms with E-state index in [0.717, 1.165) is 16.8 Å². The largest absolute Gasteiger partial charge is 0.274 e. The molecule has 0 aliphatic heterocycles. The zero-order valence-electron chi connectivity index (χ0n) is 14.8. The Kier molecular flexibility index (Phi) is 5.25. The Bertz CT molecular complexity index is 803. The normalized spacial score (nSPS) is 11.4. The Hall–Kier alpha value is -2.93. The van der Waals surface area contributed by atoms with Crippen molar-refractivity contribution >= 4 is 11.8 Å². The van der Waals surface area contributed by atoms with E-state index in [-0.39, 0.29) is 5.54 Å². The van der Waals surface area contributed by atoms with E-state index < -0.39 is 0 Å². The fourth-order valence-electron chi connectivity index (χ4n) is 2.68. The van der Waals surface area contributed by atoms with Gasteiger partial charge in [0.05, 0.1) is 11.3 Å². The van der Waals surface area contributed by atoms with Gasteiger partial charge in [0.25, 0.3) is 0 Å². The summed E-state index contributed by atoms with van der Waals surface area (Å²) in [6.45, 7) is 4.27. The van der Waals surface area contributed by atoms with Gasteiger partial charge in [0.1, 0.15) is 0 Å². The van der Waals surface area contributed by atoms with Crippen LogP contribution in [0.4, 0.5) is 0 Å². The van der Waals surface area contributed by atoms with E-state index in [4.69, 9.17) is 4.99 Å². The van der Waals surface area contributed by atoms with Gasteiger partial charge in [0, 0.05) is 11.1 Å². The highest BCUT2D eigenvalue weighted by atomic mass is 14.8. The third-order valence-electron chi connectivity index (χ3n) is 3.98. The van der Waals surface area contributed by atoms with Gasteiger partial charge in [-0.2, -0.15) is 0 Å². The van der Waals surface area contributed by atoms with Gasteiger partial charge in [-0.25, -0.2) is 0 Å². The molecular weight excluding hydrogens is 302 g/mol. The Morgan fingerprint density at radius 3 is 1.60 bits per heavy atom. The second-order valence-electron chi connectivity index (χ2n) is 6.59. The summed E-state index contributed by atoms with van der Waals surface area (Å²) in [4.78, 5) is 5.09. The van der Waals surface area contributed by atoms with Gasteiger partial charge in [0.15, 0.2) is 0 Å². The van der Waals surface area contributed by atoms with Crippen LogP contribution in [0, 0.1) is 0 Å². The lowest BCUT2D eigenvalue weighted by atomic mass is 9.98. The summed E-state index contributed by atoms with van der Waals surface area (Å²) in [5, 5.41) is 0. The van der Waals surface area contributed by atoms with Crippen molar-refractivity contribution in [2.24, 2.45) is 4.99 Å². The van der Waals surface area contributed by atoms with Crippen molar-refractivity contribution in [2.75, 3.05) is 0 Å². The van der Waals surface area contributed by atoms with Gasteiger partial charge in [-0.1, -0.05) is 103 Å². The van der Waals surface area contributed by atoms with E-state index in [1.165, 1.54) is 5.56 Å². The van der Waals surface area contributed by atoms with Crippen molar-refractivity contribution in [2.45, 2.75) is 19.4 Å². The van der Waals surface area contributed by atoms with Crippen LogP contribution >= 0.6 is 0 Å². The molecule has 0 fully saturated rings. The maximum atomic E-state index is 5.09. The SMILES string of the molecule is CC(C)(/C=C\c1ccccc1)N=C(c1ccccc1)c1ccccc1. The number of hydrogen-bond acceptors (Lipinski definition) is 1. The summed E-state index contributed by atoms with van der Waals surface area (Å²) in [5.74, 6) is 0. The minimum absolute atomic E-state index is 0.309. The summed E-state index contributed by atoms with van der Waals surface area (Å²) in [6.07, 6.45) is 4.30. The van der Waals surface area contributed by atoms with Gasteiger partial charge in [-0.3, -0.25) is 4.99 Å². The molecule has 0 spiro atoms. The van der Waals surface area contributed by atoms with E-state index in [1.54, 1.807) is 0 Å². The van der Waals surface area contributed by atoms with E-state index in [9.17, 15) is 0 Å². The van der Waals surface area contributed by atoms with Crippen LogP contribution in [0.2, 0.25) is 0 Å². The molecule has 1 heteroatoms. The van der Waals surface area contributed by atoms with E-state index in [1.807, 2.05) is 18.2 Å². The van der Waals surface area contributed by atoms with Crippen molar-refractivity contribution < 1.29 is 0 Å². The molecular formula is C24H23N. The molecule has 0 aliphatic rings. The monoisotopic (exact) mass is 325 g/mol. The quantitative estimate of drug-likeness (QED) is 0.509. The summed E-state index contributed by atoms with van der Waals surface area (Å²) in [7, 11) is 0. The van der Waals surface area contributed by atoms with Gasteiger partial charge < -0.3 is 0 Å². The molecule has 124 valence electrons. The van der Waals surface area contributed by atoms with Crippen molar-refractivity contribution in [1.29, 1.82) is 0 Å². The number of rotatable bonds is 5. The molecule has 0 saturated carbocycles. The first-order chi connectivity index (χ1) is 12.1. The molecule has 0 atom stereocenters. The number of benzene rings is 3. The maximum absolute atomic E-state index is 5.09. The highest BCUT2D eigenvalue weighted by molar-refractivity contribution is 6.13. The lowest BCUT2D eigenvalue weighted by molar-refractivity contribution is 0.661. The van der Waals surface area contributed by atoms with Crippen molar-refractivity contribution in [1.82, 2.24) is 0 Å². The molecule has 0 N–H and O–H groups in total. The fraction of sp³-hybridized carbons (Fsp3) is 0.125. The van der Waals surface area contributed by atoms with Crippen LogP contribution in [0.1, 0.15) is 30.5 Å².